The number of hydrogen-bond donors (Lipinski definition) is 0. The van der Waals surface area contributed by atoms with Gasteiger partial charge >= 0.3 is 0 Å². The molecule has 8 heavy (non-hydrogen) atoms. The lowest BCUT2D eigenvalue weighted by molar-refractivity contribution is 0.616. The van der Waals surface area contributed by atoms with Crippen molar-refractivity contribution in [3.63, 3.8) is 0 Å². The Morgan fingerprint density at radius 3 is 2.12 bits per heavy atom. The van der Waals surface area contributed by atoms with Gasteiger partial charge in [0.15, 0.2) is 0 Å². The lowest BCUT2D eigenvalue weighted by Crippen LogP contribution is -1.87. The minimum absolute atomic E-state index is 0. The standard InChI is InChI=1S/C6H11N.CH4/c1-6(2)4-5-7-3;/h6H,4-5H2,1-2H3;1H4. The first kappa shape index (κ1) is 10.5. The second-order valence-corrected chi connectivity index (χ2v) is 2.06. The molecule has 0 spiro atoms. The Bertz CT molecular complexity index is 68.9. The average molecular weight is 113 g/mol. The van der Waals surface area contributed by atoms with Crippen molar-refractivity contribution in [2.75, 3.05) is 6.54 Å². The maximum Gasteiger partial charge on any atom is 0.214 e. The Morgan fingerprint density at radius 1 is 1.50 bits per heavy atom. The third-order valence-corrected chi connectivity index (χ3v) is 0.818. The highest BCUT2D eigenvalue weighted by molar-refractivity contribution is 4.59. The van der Waals surface area contributed by atoms with E-state index < -0.39 is 0 Å². The van der Waals surface area contributed by atoms with Crippen LogP contribution in [0, 0.1) is 12.5 Å². The summed E-state index contributed by atoms with van der Waals surface area (Å²) in [6.07, 6.45) is 1.05. The normalized spacial score (nSPS) is 7.75. The number of hydrogen-bond acceptors (Lipinski definition) is 0. The number of rotatable bonds is 2. The third-order valence-electron chi connectivity index (χ3n) is 0.818. The molecule has 48 valence electrons. The van der Waals surface area contributed by atoms with Gasteiger partial charge in [-0.2, -0.15) is 0 Å². The van der Waals surface area contributed by atoms with Crippen molar-refractivity contribution < 1.29 is 0 Å². The van der Waals surface area contributed by atoms with E-state index in [1.165, 1.54) is 0 Å². The molecule has 0 N–H and O–H groups in total. The molecule has 0 aromatic rings. The first-order chi connectivity index (χ1) is 3.27. The van der Waals surface area contributed by atoms with Crippen molar-refractivity contribution in [2.45, 2.75) is 27.7 Å². The molecule has 0 unspecified atom stereocenters. The van der Waals surface area contributed by atoms with E-state index in [0.29, 0.717) is 12.5 Å². The van der Waals surface area contributed by atoms with Gasteiger partial charge in [0.05, 0.1) is 0 Å². The molecule has 0 aromatic heterocycles. The SMILES string of the molecule is C.[C-]#[N+]CCC(C)C. The summed E-state index contributed by atoms with van der Waals surface area (Å²) in [5.74, 6) is 0.689. The van der Waals surface area contributed by atoms with Crippen molar-refractivity contribution in [1.82, 2.24) is 0 Å². The van der Waals surface area contributed by atoms with Crippen LogP contribution < -0.4 is 0 Å². The molecular weight excluding hydrogens is 98.1 g/mol. The van der Waals surface area contributed by atoms with E-state index in [1.54, 1.807) is 0 Å². The van der Waals surface area contributed by atoms with Crippen LogP contribution in [0.15, 0.2) is 0 Å². The zero-order chi connectivity index (χ0) is 5.70. The van der Waals surface area contributed by atoms with Crippen LogP contribution in [0.5, 0.6) is 0 Å². The fourth-order valence-electron chi connectivity index (χ4n) is 0.323. The summed E-state index contributed by atoms with van der Waals surface area (Å²) in [6.45, 7) is 11.4. The van der Waals surface area contributed by atoms with E-state index in [0.717, 1.165) is 6.42 Å². The van der Waals surface area contributed by atoms with E-state index in [1.807, 2.05) is 0 Å². The smallest absolute Gasteiger partial charge is 0.214 e. The van der Waals surface area contributed by atoms with Crippen LogP contribution in [0.3, 0.4) is 0 Å². The Balaban J connectivity index is 0. The largest absolute Gasteiger partial charge is 0.317 e. The summed E-state index contributed by atoms with van der Waals surface area (Å²) in [5, 5.41) is 0. The molecule has 0 atom stereocenters. The summed E-state index contributed by atoms with van der Waals surface area (Å²) >= 11 is 0. The lowest BCUT2D eigenvalue weighted by Gasteiger charge is -1.92. The fraction of sp³-hybridized carbons (Fsp3) is 0.857. The summed E-state index contributed by atoms with van der Waals surface area (Å²) in [6, 6.07) is 0. The monoisotopic (exact) mass is 113 g/mol. The fourth-order valence-corrected chi connectivity index (χ4v) is 0.323. The van der Waals surface area contributed by atoms with E-state index in [9.17, 15) is 0 Å². The molecule has 1 heteroatoms. The Morgan fingerprint density at radius 2 is 2.00 bits per heavy atom. The molecule has 0 aliphatic rings. The molecular formula is C7H15N. The molecule has 0 saturated carbocycles. The molecule has 0 aromatic carbocycles. The summed E-state index contributed by atoms with van der Waals surface area (Å²) in [4.78, 5) is 3.23. The quantitative estimate of drug-likeness (QED) is 0.485. The molecule has 0 saturated heterocycles. The Hall–Kier alpha value is -0.510. The van der Waals surface area contributed by atoms with Crippen molar-refractivity contribution in [3.8, 4) is 0 Å². The van der Waals surface area contributed by atoms with Gasteiger partial charge in [0, 0.05) is 6.42 Å². The van der Waals surface area contributed by atoms with E-state index in [4.69, 9.17) is 6.57 Å². The van der Waals surface area contributed by atoms with Gasteiger partial charge in [-0.15, -0.1) is 0 Å². The minimum Gasteiger partial charge on any atom is -0.317 e. The van der Waals surface area contributed by atoms with Gasteiger partial charge in [-0.1, -0.05) is 21.3 Å². The zero-order valence-corrected chi connectivity index (χ0v) is 4.94. The van der Waals surface area contributed by atoms with Gasteiger partial charge in [-0.3, -0.25) is 0 Å². The maximum absolute atomic E-state index is 6.42. The van der Waals surface area contributed by atoms with Crippen LogP contribution in [-0.4, -0.2) is 6.54 Å². The average Bonchev–Trinajstić information content (AvgIpc) is 1.61. The van der Waals surface area contributed by atoms with Gasteiger partial charge in [-0.05, 0) is 5.92 Å². The van der Waals surface area contributed by atoms with Gasteiger partial charge in [0.1, 0.15) is 0 Å². The Kier molecular flexibility index (Phi) is 8.49. The van der Waals surface area contributed by atoms with E-state index in [-0.39, 0.29) is 7.43 Å². The molecule has 0 fully saturated rings. The van der Waals surface area contributed by atoms with Crippen LogP contribution >= 0.6 is 0 Å². The first-order valence-corrected chi connectivity index (χ1v) is 2.60. The van der Waals surface area contributed by atoms with E-state index >= 15 is 0 Å². The second-order valence-electron chi connectivity index (χ2n) is 2.06. The predicted molar refractivity (Wildman–Crippen MR) is 37.7 cm³/mol. The summed E-state index contributed by atoms with van der Waals surface area (Å²) in [5.41, 5.74) is 0. The second kappa shape index (κ2) is 6.49. The topological polar surface area (TPSA) is 4.36 Å². The molecule has 1 nitrogen and oxygen atoms in total. The van der Waals surface area contributed by atoms with Gasteiger partial charge in [-0.25, -0.2) is 6.57 Å². The molecule has 0 aliphatic carbocycles. The van der Waals surface area contributed by atoms with Crippen LogP contribution in [0.4, 0.5) is 0 Å². The third kappa shape index (κ3) is 9.09. The zero-order valence-electron chi connectivity index (χ0n) is 4.94. The minimum atomic E-state index is 0. The molecule has 0 rings (SSSR count). The lowest BCUT2D eigenvalue weighted by atomic mass is 10.1. The molecule has 0 aliphatic heterocycles. The maximum atomic E-state index is 6.42. The highest BCUT2D eigenvalue weighted by Crippen LogP contribution is 1.97. The summed E-state index contributed by atoms with van der Waals surface area (Å²) in [7, 11) is 0. The summed E-state index contributed by atoms with van der Waals surface area (Å²) < 4.78 is 0. The molecule has 0 heterocycles. The van der Waals surface area contributed by atoms with Crippen LogP contribution in [0.1, 0.15) is 27.7 Å². The van der Waals surface area contributed by atoms with Crippen LogP contribution in [0.2, 0.25) is 0 Å². The van der Waals surface area contributed by atoms with Crippen molar-refractivity contribution in [3.05, 3.63) is 11.4 Å². The molecule has 0 amide bonds. The highest BCUT2D eigenvalue weighted by atomic mass is 14.6. The predicted octanol–water partition coefficient (Wildman–Crippen LogP) is 2.59. The van der Waals surface area contributed by atoms with Gasteiger partial charge in [0.2, 0.25) is 6.54 Å². The van der Waals surface area contributed by atoms with Gasteiger partial charge in [0.25, 0.3) is 0 Å². The molecule has 0 radical (unpaired) electrons. The van der Waals surface area contributed by atoms with Crippen molar-refractivity contribution >= 4 is 0 Å². The van der Waals surface area contributed by atoms with Crippen molar-refractivity contribution in [1.29, 1.82) is 0 Å². The van der Waals surface area contributed by atoms with Crippen molar-refractivity contribution in [2.24, 2.45) is 5.92 Å². The van der Waals surface area contributed by atoms with Crippen LogP contribution in [0.25, 0.3) is 4.85 Å². The van der Waals surface area contributed by atoms with Crippen LogP contribution in [-0.2, 0) is 0 Å². The van der Waals surface area contributed by atoms with Gasteiger partial charge < -0.3 is 4.85 Å². The molecule has 0 bridgehead atoms. The Labute approximate surface area is 52.5 Å². The number of nitrogens with zero attached hydrogens (tertiary/aromatic N) is 1. The van der Waals surface area contributed by atoms with E-state index in [2.05, 4.69) is 18.7 Å². The first-order valence-electron chi connectivity index (χ1n) is 2.60. The highest BCUT2D eigenvalue weighted by Gasteiger charge is 1.91.